The molecule has 0 aliphatic rings. The number of aryl methyl sites for hydroxylation is 2. The molecule has 3 rings (SSSR count). The van der Waals surface area contributed by atoms with Gasteiger partial charge in [0.1, 0.15) is 6.33 Å². The van der Waals surface area contributed by atoms with Crippen LogP contribution in [0.4, 0.5) is 0 Å². The van der Waals surface area contributed by atoms with Crippen LogP contribution in [0.15, 0.2) is 29.0 Å². The molecule has 2 heterocycles. The Morgan fingerprint density at radius 1 is 1.17 bits per heavy atom. The van der Waals surface area contributed by atoms with Crippen molar-refractivity contribution < 1.29 is 4.52 Å². The first-order valence-electron chi connectivity index (χ1n) is 5.52. The second-order valence-corrected chi connectivity index (χ2v) is 4.02. The van der Waals surface area contributed by atoms with E-state index in [1.165, 1.54) is 6.33 Å². The third kappa shape index (κ3) is 1.67. The summed E-state index contributed by atoms with van der Waals surface area (Å²) < 4.78 is 5.29. The van der Waals surface area contributed by atoms with Crippen LogP contribution < -0.4 is 0 Å². The van der Waals surface area contributed by atoms with Crippen LogP contribution in [0.1, 0.15) is 11.1 Å². The van der Waals surface area contributed by atoms with E-state index < -0.39 is 0 Å². The van der Waals surface area contributed by atoms with Gasteiger partial charge in [-0.2, -0.15) is 10.1 Å². The Bertz CT molecular complexity index is 651. The monoisotopic (exact) mass is 241 g/mol. The highest BCUT2D eigenvalue weighted by molar-refractivity contribution is 5.64. The quantitative estimate of drug-likeness (QED) is 0.743. The minimum Gasteiger partial charge on any atom is -0.333 e. The van der Waals surface area contributed by atoms with Gasteiger partial charge in [0.15, 0.2) is 5.82 Å². The summed E-state index contributed by atoms with van der Waals surface area (Å²) in [5.74, 6) is 1.40. The molecule has 0 aliphatic carbocycles. The minimum atomic E-state index is 0.408. The molecule has 0 atom stereocenters. The summed E-state index contributed by atoms with van der Waals surface area (Å²) in [5, 5.41) is 10.4. The van der Waals surface area contributed by atoms with Crippen LogP contribution >= 0.6 is 0 Å². The molecule has 1 aromatic carbocycles. The van der Waals surface area contributed by atoms with Gasteiger partial charge in [0.05, 0.1) is 0 Å². The fourth-order valence-corrected chi connectivity index (χ4v) is 1.89. The number of aromatic nitrogens is 5. The van der Waals surface area contributed by atoms with Crippen molar-refractivity contribution in [2.75, 3.05) is 0 Å². The number of nitrogens with zero attached hydrogens (tertiary/aromatic N) is 4. The summed E-state index contributed by atoms with van der Waals surface area (Å²) in [6, 6.07) is 6.03. The first-order chi connectivity index (χ1) is 8.75. The van der Waals surface area contributed by atoms with Gasteiger partial charge in [-0.1, -0.05) is 23.4 Å². The summed E-state index contributed by atoms with van der Waals surface area (Å²) in [6.45, 7) is 4.03. The number of H-pyrrole nitrogens is 1. The van der Waals surface area contributed by atoms with Gasteiger partial charge in [-0.05, 0) is 25.0 Å². The van der Waals surface area contributed by atoms with E-state index in [2.05, 4.69) is 25.3 Å². The van der Waals surface area contributed by atoms with Gasteiger partial charge >= 0.3 is 0 Å². The summed E-state index contributed by atoms with van der Waals surface area (Å²) in [4.78, 5) is 8.32. The van der Waals surface area contributed by atoms with Crippen molar-refractivity contribution in [2.45, 2.75) is 13.8 Å². The van der Waals surface area contributed by atoms with E-state index in [0.29, 0.717) is 17.5 Å². The Hall–Kier alpha value is -2.50. The minimum absolute atomic E-state index is 0.408. The molecule has 0 fully saturated rings. The maximum Gasteiger partial charge on any atom is 0.258 e. The summed E-state index contributed by atoms with van der Waals surface area (Å²) in [5.41, 5.74) is 3.17. The first-order valence-corrected chi connectivity index (χ1v) is 5.52. The maximum atomic E-state index is 5.29. The molecule has 3 aromatic rings. The fraction of sp³-hybridized carbons (Fsp3) is 0.167. The first kappa shape index (κ1) is 10.6. The second kappa shape index (κ2) is 4.06. The predicted octanol–water partition coefficient (Wildman–Crippen LogP) is 2.14. The number of rotatable bonds is 2. The SMILES string of the molecule is Cc1cccc(C)c1-c1nc(-c2ncn[nH]2)no1. The summed E-state index contributed by atoms with van der Waals surface area (Å²) in [7, 11) is 0. The molecule has 0 saturated carbocycles. The highest BCUT2D eigenvalue weighted by Crippen LogP contribution is 2.26. The van der Waals surface area contributed by atoms with Crippen molar-refractivity contribution in [2.24, 2.45) is 0 Å². The zero-order chi connectivity index (χ0) is 12.5. The predicted molar refractivity (Wildman–Crippen MR) is 64.6 cm³/mol. The van der Waals surface area contributed by atoms with Gasteiger partial charge in [0.2, 0.25) is 5.82 Å². The highest BCUT2D eigenvalue weighted by Gasteiger charge is 2.15. The van der Waals surface area contributed by atoms with Gasteiger partial charge in [-0.3, -0.25) is 5.10 Å². The van der Waals surface area contributed by atoms with E-state index in [1.807, 2.05) is 32.0 Å². The molecule has 0 bridgehead atoms. The van der Waals surface area contributed by atoms with Crippen LogP contribution in [-0.2, 0) is 0 Å². The topological polar surface area (TPSA) is 80.5 Å². The normalized spacial score (nSPS) is 10.8. The molecule has 0 amide bonds. The molecule has 0 aliphatic heterocycles. The van der Waals surface area contributed by atoms with Gasteiger partial charge < -0.3 is 4.52 Å². The molecular formula is C12H11N5O. The third-order valence-corrected chi connectivity index (χ3v) is 2.75. The Balaban J connectivity index is 2.09. The van der Waals surface area contributed by atoms with E-state index in [-0.39, 0.29) is 0 Å². The van der Waals surface area contributed by atoms with Crippen LogP contribution in [-0.4, -0.2) is 25.3 Å². The lowest BCUT2D eigenvalue weighted by molar-refractivity contribution is 0.431. The van der Waals surface area contributed by atoms with Gasteiger partial charge in [0.25, 0.3) is 5.89 Å². The summed E-state index contributed by atoms with van der Waals surface area (Å²) in [6.07, 6.45) is 1.41. The third-order valence-electron chi connectivity index (χ3n) is 2.75. The Kier molecular flexibility index (Phi) is 2.40. The van der Waals surface area contributed by atoms with Crippen molar-refractivity contribution in [3.8, 4) is 23.1 Å². The largest absolute Gasteiger partial charge is 0.333 e. The van der Waals surface area contributed by atoms with E-state index in [4.69, 9.17) is 4.52 Å². The van der Waals surface area contributed by atoms with Gasteiger partial charge in [0, 0.05) is 5.56 Å². The van der Waals surface area contributed by atoms with Crippen molar-refractivity contribution in [3.05, 3.63) is 35.7 Å². The molecular weight excluding hydrogens is 230 g/mol. The maximum absolute atomic E-state index is 5.29. The number of benzene rings is 1. The zero-order valence-corrected chi connectivity index (χ0v) is 10.0. The average Bonchev–Trinajstić information content (AvgIpc) is 2.99. The van der Waals surface area contributed by atoms with E-state index >= 15 is 0 Å². The van der Waals surface area contributed by atoms with Crippen molar-refractivity contribution in [3.63, 3.8) is 0 Å². The van der Waals surface area contributed by atoms with Crippen LogP contribution in [0, 0.1) is 13.8 Å². The lowest BCUT2D eigenvalue weighted by Gasteiger charge is -2.03. The molecule has 90 valence electrons. The van der Waals surface area contributed by atoms with E-state index in [1.54, 1.807) is 0 Å². The molecule has 6 nitrogen and oxygen atoms in total. The zero-order valence-electron chi connectivity index (χ0n) is 10.0. The molecule has 2 aromatic heterocycles. The Morgan fingerprint density at radius 3 is 2.61 bits per heavy atom. The van der Waals surface area contributed by atoms with Gasteiger partial charge in [-0.25, -0.2) is 4.98 Å². The van der Waals surface area contributed by atoms with E-state index in [9.17, 15) is 0 Å². The van der Waals surface area contributed by atoms with Crippen molar-refractivity contribution in [1.29, 1.82) is 0 Å². The van der Waals surface area contributed by atoms with Crippen LogP contribution in [0.3, 0.4) is 0 Å². The van der Waals surface area contributed by atoms with Crippen molar-refractivity contribution in [1.82, 2.24) is 25.3 Å². The summed E-state index contributed by atoms with van der Waals surface area (Å²) >= 11 is 0. The fourth-order valence-electron chi connectivity index (χ4n) is 1.89. The Morgan fingerprint density at radius 2 is 1.94 bits per heavy atom. The molecule has 0 saturated heterocycles. The van der Waals surface area contributed by atoms with Crippen LogP contribution in [0.2, 0.25) is 0 Å². The number of hydrogen-bond acceptors (Lipinski definition) is 5. The van der Waals surface area contributed by atoms with Gasteiger partial charge in [-0.15, -0.1) is 0 Å². The van der Waals surface area contributed by atoms with E-state index in [0.717, 1.165) is 16.7 Å². The van der Waals surface area contributed by atoms with Crippen molar-refractivity contribution >= 4 is 0 Å². The second-order valence-electron chi connectivity index (χ2n) is 4.02. The molecule has 1 N–H and O–H groups in total. The highest BCUT2D eigenvalue weighted by atomic mass is 16.5. The molecule has 0 unspecified atom stereocenters. The molecule has 18 heavy (non-hydrogen) atoms. The van der Waals surface area contributed by atoms with Crippen LogP contribution in [0.25, 0.3) is 23.1 Å². The standard InChI is InChI=1S/C12H11N5O/c1-7-4-3-5-8(2)9(7)12-15-11(17-18-12)10-13-6-14-16-10/h3-6H,1-2H3,(H,13,14,16). The molecule has 0 radical (unpaired) electrons. The number of aromatic amines is 1. The Labute approximate surface area is 103 Å². The molecule has 0 spiro atoms. The average molecular weight is 241 g/mol. The lowest BCUT2D eigenvalue weighted by Crippen LogP contribution is -1.88. The number of nitrogens with one attached hydrogen (secondary N) is 1. The molecule has 6 heteroatoms. The van der Waals surface area contributed by atoms with Crippen LogP contribution in [0.5, 0.6) is 0 Å². The lowest BCUT2D eigenvalue weighted by atomic mass is 10.0. The number of hydrogen-bond donors (Lipinski definition) is 1. The smallest absolute Gasteiger partial charge is 0.258 e.